The molecule has 2 heterocycles. The highest BCUT2D eigenvalue weighted by molar-refractivity contribution is 5.68. The average molecular weight is 322 g/mol. The van der Waals surface area contributed by atoms with Crippen LogP contribution in [0.3, 0.4) is 0 Å². The number of carbonyl (C=O) groups excluding carboxylic acids is 1. The van der Waals surface area contributed by atoms with Crippen molar-refractivity contribution in [1.29, 1.82) is 0 Å². The standard InChI is InChI=1S/C19H34N2O2/c1-19(2,3)23-18(22)21-11-8-15(9-12-21)7-10-20-13-16-5-4-6-17(16)14-20/h15-17H,4-14H2,1-3H3/t16-,17-/m0/s1. The zero-order chi connectivity index (χ0) is 16.4. The minimum absolute atomic E-state index is 0.136. The minimum atomic E-state index is -0.387. The van der Waals surface area contributed by atoms with E-state index in [-0.39, 0.29) is 11.7 Å². The van der Waals surface area contributed by atoms with Crippen molar-refractivity contribution in [3.8, 4) is 0 Å². The molecule has 2 aliphatic heterocycles. The molecule has 1 aliphatic carbocycles. The molecule has 0 aromatic carbocycles. The molecule has 0 bridgehead atoms. The van der Waals surface area contributed by atoms with E-state index >= 15 is 0 Å². The van der Waals surface area contributed by atoms with E-state index in [9.17, 15) is 4.79 Å². The number of piperidine rings is 1. The molecule has 4 heteroatoms. The van der Waals surface area contributed by atoms with Crippen molar-refractivity contribution < 1.29 is 9.53 Å². The van der Waals surface area contributed by atoms with Crippen LogP contribution in [0.1, 0.15) is 59.3 Å². The van der Waals surface area contributed by atoms with Crippen LogP contribution in [0.2, 0.25) is 0 Å². The summed E-state index contributed by atoms with van der Waals surface area (Å²) < 4.78 is 5.47. The zero-order valence-corrected chi connectivity index (χ0v) is 15.2. The predicted molar refractivity (Wildman–Crippen MR) is 92.4 cm³/mol. The van der Waals surface area contributed by atoms with Crippen molar-refractivity contribution in [2.24, 2.45) is 17.8 Å². The maximum atomic E-state index is 12.1. The van der Waals surface area contributed by atoms with Crippen LogP contribution in [-0.2, 0) is 4.74 Å². The van der Waals surface area contributed by atoms with Crippen LogP contribution < -0.4 is 0 Å². The van der Waals surface area contributed by atoms with E-state index in [0.717, 1.165) is 43.7 Å². The number of hydrogen-bond acceptors (Lipinski definition) is 3. The van der Waals surface area contributed by atoms with Crippen LogP contribution >= 0.6 is 0 Å². The predicted octanol–water partition coefficient (Wildman–Crippen LogP) is 3.76. The molecule has 2 saturated heterocycles. The quantitative estimate of drug-likeness (QED) is 0.793. The molecule has 3 fully saturated rings. The number of fused-ring (bicyclic) bond motifs is 1. The largest absolute Gasteiger partial charge is 0.444 e. The lowest BCUT2D eigenvalue weighted by Gasteiger charge is -2.34. The summed E-state index contributed by atoms with van der Waals surface area (Å²) in [4.78, 5) is 16.7. The normalized spacial score (nSPS) is 29.8. The number of carbonyl (C=O) groups is 1. The Morgan fingerprint density at radius 1 is 1.04 bits per heavy atom. The van der Waals surface area contributed by atoms with Crippen molar-refractivity contribution >= 4 is 6.09 Å². The van der Waals surface area contributed by atoms with Gasteiger partial charge in [0.05, 0.1) is 0 Å². The van der Waals surface area contributed by atoms with Crippen molar-refractivity contribution in [3.05, 3.63) is 0 Å². The Bertz CT molecular complexity index is 398. The first-order valence-corrected chi connectivity index (χ1v) is 9.61. The smallest absolute Gasteiger partial charge is 0.410 e. The summed E-state index contributed by atoms with van der Waals surface area (Å²) in [6.45, 7) is 11.5. The molecule has 0 spiro atoms. The van der Waals surface area contributed by atoms with E-state index in [4.69, 9.17) is 4.74 Å². The topological polar surface area (TPSA) is 32.8 Å². The Balaban J connectivity index is 1.34. The van der Waals surface area contributed by atoms with Gasteiger partial charge in [-0.2, -0.15) is 0 Å². The van der Waals surface area contributed by atoms with E-state index in [0.29, 0.717) is 0 Å². The fraction of sp³-hybridized carbons (Fsp3) is 0.947. The minimum Gasteiger partial charge on any atom is -0.444 e. The van der Waals surface area contributed by atoms with Gasteiger partial charge >= 0.3 is 6.09 Å². The lowest BCUT2D eigenvalue weighted by atomic mass is 9.93. The SMILES string of the molecule is CC(C)(C)OC(=O)N1CCC(CCN2C[C@@H]3CCC[C@H]3C2)CC1. The second kappa shape index (κ2) is 7.00. The van der Waals surface area contributed by atoms with Crippen LogP contribution in [0.5, 0.6) is 0 Å². The number of likely N-dealkylation sites (tertiary alicyclic amines) is 2. The molecule has 0 aromatic heterocycles. The van der Waals surface area contributed by atoms with Crippen LogP contribution in [0, 0.1) is 17.8 Å². The van der Waals surface area contributed by atoms with E-state index < -0.39 is 0 Å². The van der Waals surface area contributed by atoms with E-state index in [1.165, 1.54) is 45.3 Å². The van der Waals surface area contributed by atoms with E-state index in [2.05, 4.69) is 4.90 Å². The fourth-order valence-corrected chi connectivity index (χ4v) is 4.61. The summed E-state index contributed by atoms with van der Waals surface area (Å²) in [6.07, 6.45) is 7.85. The lowest BCUT2D eigenvalue weighted by Crippen LogP contribution is -2.42. The van der Waals surface area contributed by atoms with Gasteiger partial charge in [0.15, 0.2) is 0 Å². The molecule has 0 unspecified atom stereocenters. The Labute approximate surface area is 141 Å². The third-order valence-electron chi connectivity index (χ3n) is 5.92. The van der Waals surface area contributed by atoms with Gasteiger partial charge in [-0.1, -0.05) is 6.42 Å². The van der Waals surface area contributed by atoms with Gasteiger partial charge in [0.25, 0.3) is 0 Å². The first-order chi connectivity index (χ1) is 10.9. The molecule has 1 amide bonds. The molecular weight excluding hydrogens is 288 g/mol. The highest BCUT2D eigenvalue weighted by Crippen LogP contribution is 2.38. The van der Waals surface area contributed by atoms with Gasteiger partial charge in [0.1, 0.15) is 5.60 Å². The molecule has 23 heavy (non-hydrogen) atoms. The first kappa shape index (κ1) is 17.1. The highest BCUT2D eigenvalue weighted by atomic mass is 16.6. The highest BCUT2D eigenvalue weighted by Gasteiger charge is 2.36. The van der Waals surface area contributed by atoms with Gasteiger partial charge in [0, 0.05) is 26.2 Å². The number of hydrogen-bond donors (Lipinski definition) is 0. The van der Waals surface area contributed by atoms with Gasteiger partial charge in [0.2, 0.25) is 0 Å². The molecule has 0 radical (unpaired) electrons. The second-order valence-corrected chi connectivity index (χ2v) is 8.91. The van der Waals surface area contributed by atoms with Crippen LogP contribution in [0.15, 0.2) is 0 Å². The number of amides is 1. The Kier molecular flexibility index (Phi) is 5.19. The molecule has 3 aliphatic rings. The van der Waals surface area contributed by atoms with Crippen LogP contribution in [-0.4, -0.2) is 54.2 Å². The van der Waals surface area contributed by atoms with Gasteiger partial charge in [-0.3, -0.25) is 0 Å². The Morgan fingerprint density at radius 2 is 1.65 bits per heavy atom. The summed E-state index contributed by atoms with van der Waals surface area (Å²) in [6, 6.07) is 0. The second-order valence-electron chi connectivity index (χ2n) is 8.91. The Hall–Kier alpha value is -0.770. The summed E-state index contributed by atoms with van der Waals surface area (Å²) in [7, 11) is 0. The van der Waals surface area contributed by atoms with Crippen molar-refractivity contribution in [2.75, 3.05) is 32.7 Å². The van der Waals surface area contributed by atoms with Gasteiger partial charge in [-0.05, 0) is 77.2 Å². The summed E-state index contributed by atoms with van der Waals surface area (Å²) in [5.74, 6) is 2.79. The molecule has 132 valence electrons. The van der Waals surface area contributed by atoms with E-state index in [1.54, 1.807) is 0 Å². The number of rotatable bonds is 3. The molecule has 0 N–H and O–H groups in total. The fourth-order valence-electron chi connectivity index (χ4n) is 4.61. The van der Waals surface area contributed by atoms with Gasteiger partial charge in [-0.25, -0.2) is 4.79 Å². The first-order valence-electron chi connectivity index (χ1n) is 9.61. The van der Waals surface area contributed by atoms with Gasteiger partial charge < -0.3 is 14.5 Å². The summed E-state index contributed by atoms with van der Waals surface area (Å²) >= 11 is 0. The maximum absolute atomic E-state index is 12.1. The molecule has 1 saturated carbocycles. The number of nitrogens with zero attached hydrogens (tertiary/aromatic N) is 2. The molecule has 3 rings (SSSR count). The lowest BCUT2D eigenvalue weighted by molar-refractivity contribution is 0.0178. The average Bonchev–Trinajstić information content (AvgIpc) is 3.04. The molecule has 0 aromatic rings. The van der Waals surface area contributed by atoms with Crippen molar-refractivity contribution in [1.82, 2.24) is 9.80 Å². The van der Waals surface area contributed by atoms with Crippen molar-refractivity contribution in [3.63, 3.8) is 0 Å². The third kappa shape index (κ3) is 4.62. The molecular formula is C19H34N2O2. The van der Waals surface area contributed by atoms with E-state index in [1.807, 2.05) is 25.7 Å². The summed E-state index contributed by atoms with van der Waals surface area (Å²) in [5, 5.41) is 0. The van der Waals surface area contributed by atoms with Crippen LogP contribution in [0.25, 0.3) is 0 Å². The maximum Gasteiger partial charge on any atom is 0.410 e. The third-order valence-corrected chi connectivity index (χ3v) is 5.92. The monoisotopic (exact) mass is 322 g/mol. The van der Waals surface area contributed by atoms with Gasteiger partial charge in [-0.15, -0.1) is 0 Å². The Morgan fingerprint density at radius 3 is 2.22 bits per heavy atom. The molecule has 2 atom stereocenters. The summed E-state index contributed by atoms with van der Waals surface area (Å²) in [5.41, 5.74) is -0.387. The number of ether oxygens (including phenoxy) is 1. The van der Waals surface area contributed by atoms with Crippen LogP contribution in [0.4, 0.5) is 4.79 Å². The van der Waals surface area contributed by atoms with Crippen molar-refractivity contribution in [2.45, 2.75) is 64.9 Å². The zero-order valence-electron chi connectivity index (χ0n) is 15.2. The molecule has 4 nitrogen and oxygen atoms in total.